The number of hydrogen-bond donors (Lipinski definition) is 1. The van der Waals surface area contributed by atoms with Crippen LogP contribution in [-0.2, 0) is 4.74 Å². The highest BCUT2D eigenvalue weighted by atomic mass is 16.5. The van der Waals surface area contributed by atoms with E-state index in [0.717, 1.165) is 31.1 Å². The fraction of sp³-hybridized carbons (Fsp3) is 0.647. The first-order valence-corrected chi connectivity index (χ1v) is 7.69. The van der Waals surface area contributed by atoms with Gasteiger partial charge in [-0.1, -0.05) is 24.3 Å². The van der Waals surface area contributed by atoms with Gasteiger partial charge in [-0.25, -0.2) is 0 Å². The molecule has 2 aliphatic rings. The summed E-state index contributed by atoms with van der Waals surface area (Å²) in [6.07, 6.45) is 5.10. The minimum absolute atomic E-state index is 0.743. The molecule has 2 nitrogen and oxygen atoms in total. The van der Waals surface area contributed by atoms with Crippen molar-refractivity contribution in [1.82, 2.24) is 5.32 Å². The van der Waals surface area contributed by atoms with Crippen molar-refractivity contribution < 1.29 is 4.74 Å². The van der Waals surface area contributed by atoms with Gasteiger partial charge in [-0.3, -0.25) is 0 Å². The van der Waals surface area contributed by atoms with Crippen molar-refractivity contribution in [2.75, 3.05) is 19.8 Å². The minimum atomic E-state index is 0.743. The van der Waals surface area contributed by atoms with E-state index in [0.29, 0.717) is 0 Å². The van der Waals surface area contributed by atoms with E-state index in [9.17, 15) is 0 Å². The Bertz CT molecular complexity index is 405. The van der Waals surface area contributed by atoms with Crippen LogP contribution < -0.4 is 5.32 Å². The summed E-state index contributed by atoms with van der Waals surface area (Å²) in [6.45, 7) is 5.35. The molecular weight excluding hydrogens is 234 g/mol. The Morgan fingerprint density at radius 3 is 2.63 bits per heavy atom. The quantitative estimate of drug-likeness (QED) is 0.896. The molecule has 0 amide bonds. The molecule has 0 aromatic heterocycles. The number of hydrogen-bond acceptors (Lipinski definition) is 2. The van der Waals surface area contributed by atoms with Crippen LogP contribution in [0.3, 0.4) is 0 Å². The van der Waals surface area contributed by atoms with E-state index in [1.165, 1.54) is 37.8 Å². The molecule has 1 saturated carbocycles. The van der Waals surface area contributed by atoms with Crippen molar-refractivity contribution in [3.63, 3.8) is 0 Å². The highest BCUT2D eigenvalue weighted by Gasteiger charge is 2.31. The number of benzene rings is 1. The highest BCUT2D eigenvalue weighted by molar-refractivity contribution is 5.31. The van der Waals surface area contributed by atoms with E-state index in [1.54, 1.807) is 5.56 Å². The summed E-state index contributed by atoms with van der Waals surface area (Å²) < 4.78 is 5.41. The molecule has 104 valence electrons. The van der Waals surface area contributed by atoms with Crippen molar-refractivity contribution in [3.05, 3.63) is 35.4 Å². The molecule has 2 fully saturated rings. The Morgan fingerprint density at radius 2 is 1.89 bits per heavy atom. The van der Waals surface area contributed by atoms with E-state index >= 15 is 0 Å². The maximum absolute atomic E-state index is 5.41. The maximum atomic E-state index is 5.41. The molecule has 1 aliphatic heterocycles. The predicted octanol–water partition coefficient (Wildman–Crippen LogP) is 3.26. The molecule has 1 N–H and O–H groups in total. The van der Waals surface area contributed by atoms with Gasteiger partial charge < -0.3 is 10.1 Å². The Labute approximate surface area is 116 Å². The Hall–Kier alpha value is -0.860. The molecule has 1 saturated heterocycles. The summed E-state index contributed by atoms with van der Waals surface area (Å²) in [4.78, 5) is 0. The standard InChI is InChI=1S/C17H25NO/c1-13-4-2-3-5-17(13)15-10-16(11-15)18-12-14-6-8-19-9-7-14/h2-5,14-16,18H,6-12H2,1H3. The van der Waals surface area contributed by atoms with Gasteiger partial charge in [0.05, 0.1) is 0 Å². The second-order valence-corrected chi connectivity index (χ2v) is 6.19. The molecule has 2 heteroatoms. The van der Waals surface area contributed by atoms with Crippen molar-refractivity contribution in [3.8, 4) is 0 Å². The van der Waals surface area contributed by atoms with E-state index in [1.807, 2.05) is 0 Å². The van der Waals surface area contributed by atoms with Crippen molar-refractivity contribution in [2.24, 2.45) is 5.92 Å². The number of rotatable bonds is 4. The maximum Gasteiger partial charge on any atom is 0.0469 e. The summed E-state index contributed by atoms with van der Waals surface area (Å²) in [5, 5.41) is 3.75. The lowest BCUT2D eigenvalue weighted by Gasteiger charge is -2.38. The number of aryl methyl sites for hydroxylation is 1. The van der Waals surface area contributed by atoms with Gasteiger partial charge in [-0.2, -0.15) is 0 Å². The van der Waals surface area contributed by atoms with Crippen LogP contribution in [0.15, 0.2) is 24.3 Å². The van der Waals surface area contributed by atoms with Crippen LogP contribution >= 0.6 is 0 Å². The van der Waals surface area contributed by atoms with Gasteiger partial charge >= 0.3 is 0 Å². The molecule has 0 unspecified atom stereocenters. The van der Waals surface area contributed by atoms with Gasteiger partial charge in [-0.05, 0) is 62.1 Å². The van der Waals surface area contributed by atoms with Crippen LogP contribution in [0.5, 0.6) is 0 Å². The summed E-state index contributed by atoms with van der Waals surface area (Å²) in [5.41, 5.74) is 3.02. The zero-order valence-corrected chi connectivity index (χ0v) is 11.9. The molecule has 19 heavy (non-hydrogen) atoms. The molecule has 3 rings (SSSR count). The van der Waals surface area contributed by atoms with Crippen LogP contribution in [0, 0.1) is 12.8 Å². The first-order chi connectivity index (χ1) is 9.33. The predicted molar refractivity (Wildman–Crippen MR) is 78.5 cm³/mol. The van der Waals surface area contributed by atoms with Crippen LogP contribution in [0.4, 0.5) is 0 Å². The third-order valence-electron chi connectivity index (χ3n) is 4.80. The Kier molecular flexibility index (Phi) is 4.19. The highest BCUT2D eigenvalue weighted by Crippen LogP contribution is 2.38. The second-order valence-electron chi connectivity index (χ2n) is 6.19. The number of ether oxygens (including phenoxy) is 1. The fourth-order valence-electron chi connectivity index (χ4n) is 3.37. The van der Waals surface area contributed by atoms with E-state index in [2.05, 4.69) is 36.5 Å². The average Bonchev–Trinajstić information content (AvgIpc) is 2.40. The van der Waals surface area contributed by atoms with Crippen LogP contribution in [0.2, 0.25) is 0 Å². The lowest BCUT2D eigenvalue weighted by atomic mass is 9.74. The normalized spacial score (nSPS) is 28.1. The summed E-state index contributed by atoms with van der Waals surface area (Å²) in [7, 11) is 0. The monoisotopic (exact) mass is 259 g/mol. The van der Waals surface area contributed by atoms with Gasteiger partial charge in [0.1, 0.15) is 0 Å². The number of nitrogens with one attached hydrogen (secondary N) is 1. The molecule has 0 spiro atoms. The SMILES string of the molecule is Cc1ccccc1C1CC(NCC2CCOCC2)C1. The van der Waals surface area contributed by atoms with Crippen LogP contribution in [0.25, 0.3) is 0 Å². The zero-order chi connectivity index (χ0) is 13.1. The summed E-state index contributed by atoms with van der Waals surface area (Å²) >= 11 is 0. The van der Waals surface area contributed by atoms with Crippen molar-refractivity contribution in [1.29, 1.82) is 0 Å². The molecular formula is C17H25NO. The smallest absolute Gasteiger partial charge is 0.0469 e. The summed E-state index contributed by atoms with van der Waals surface area (Å²) in [5.74, 6) is 1.62. The Balaban J connectivity index is 1.42. The lowest BCUT2D eigenvalue weighted by Crippen LogP contribution is -2.43. The molecule has 1 heterocycles. The van der Waals surface area contributed by atoms with E-state index in [4.69, 9.17) is 4.74 Å². The van der Waals surface area contributed by atoms with Gasteiger partial charge in [0.25, 0.3) is 0 Å². The van der Waals surface area contributed by atoms with Crippen LogP contribution in [-0.4, -0.2) is 25.8 Å². The average molecular weight is 259 g/mol. The van der Waals surface area contributed by atoms with Gasteiger partial charge in [-0.15, -0.1) is 0 Å². The lowest BCUT2D eigenvalue weighted by molar-refractivity contribution is 0.0640. The van der Waals surface area contributed by atoms with Gasteiger partial charge in [0, 0.05) is 19.3 Å². The first kappa shape index (κ1) is 13.1. The minimum Gasteiger partial charge on any atom is -0.381 e. The molecule has 0 bridgehead atoms. The fourth-order valence-corrected chi connectivity index (χ4v) is 3.37. The third-order valence-corrected chi connectivity index (χ3v) is 4.80. The Morgan fingerprint density at radius 1 is 1.16 bits per heavy atom. The van der Waals surface area contributed by atoms with Crippen LogP contribution in [0.1, 0.15) is 42.7 Å². The third kappa shape index (κ3) is 3.18. The van der Waals surface area contributed by atoms with E-state index in [-0.39, 0.29) is 0 Å². The van der Waals surface area contributed by atoms with Gasteiger partial charge in [0.15, 0.2) is 0 Å². The van der Waals surface area contributed by atoms with Gasteiger partial charge in [0.2, 0.25) is 0 Å². The first-order valence-electron chi connectivity index (χ1n) is 7.69. The van der Waals surface area contributed by atoms with Crippen molar-refractivity contribution in [2.45, 2.75) is 44.6 Å². The van der Waals surface area contributed by atoms with Crippen molar-refractivity contribution >= 4 is 0 Å². The summed E-state index contributed by atoms with van der Waals surface area (Å²) in [6, 6.07) is 9.59. The molecule has 1 aromatic carbocycles. The molecule has 1 aliphatic carbocycles. The molecule has 0 atom stereocenters. The van der Waals surface area contributed by atoms with E-state index < -0.39 is 0 Å². The zero-order valence-electron chi connectivity index (χ0n) is 11.9. The molecule has 0 radical (unpaired) electrons. The topological polar surface area (TPSA) is 21.3 Å². The largest absolute Gasteiger partial charge is 0.381 e. The molecule has 1 aromatic rings. The second kappa shape index (κ2) is 6.06.